The molecule has 0 saturated heterocycles. The van der Waals surface area contributed by atoms with Gasteiger partial charge < -0.3 is 21.5 Å². The Kier molecular flexibility index (Phi) is 5.51. The maximum absolute atomic E-state index is 11.7. The fourth-order valence-corrected chi connectivity index (χ4v) is 1.52. The number of hydrogen-bond donors (Lipinski definition) is 5. The molecule has 1 aromatic heterocycles. The zero-order valence-electron chi connectivity index (χ0n) is 10.9. The minimum atomic E-state index is -1.22. The van der Waals surface area contributed by atoms with Crippen LogP contribution in [-0.4, -0.2) is 39.3 Å². The van der Waals surface area contributed by atoms with Gasteiger partial charge in [-0.2, -0.15) is 5.10 Å². The Morgan fingerprint density at radius 1 is 1.45 bits per heavy atom. The number of carboxylic acid groups (broad SMARTS) is 1. The number of aromatic nitrogens is 2. The van der Waals surface area contributed by atoms with Gasteiger partial charge >= 0.3 is 12.0 Å². The normalized spacial score (nSPS) is 13.2. The third-order valence-corrected chi connectivity index (χ3v) is 2.65. The summed E-state index contributed by atoms with van der Waals surface area (Å²) in [5.74, 6) is -1.84. The van der Waals surface area contributed by atoms with Crippen molar-refractivity contribution in [3.63, 3.8) is 0 Å². The number of aromatic amines is 1. The number of primary amides is 1. The number of aliphatic carboxylic acids is 1. The molecule has 1 unspecified atom stereocenters. The second-order valence-electron chi connectivity index (χ2n) is 4.27. The number of rotatable bonds is 7. The number of nitrogens with zero attached hydrogens (tertiary/aromatic N) is 1. The lowest BCUT2D eigenvalue weighted by Crippen LogP contribution is -2.46. The monoisotopic (exact) mass is 283 g/mol. The molecule has 6 N–H and O–H groups in total. The molecular formula is C11H17N5O4. The molecule has 0 radical (unpaired) electrons. The van der Waals surface area contributed by atoms with Crippen LogP contribution in [0.25, 0.3) is 0 Å². The summed E-state index contributed by atoms with van der Waals surface area (Å²) in [6.07, 6.45) is 2.99. The van der Waals surface area contributed by atoms with Gasteiger partial charge in [0.15, 0.2) is 0 Å². The topological polar surface area (TPSA) is 150 Å². The Bertz CT molecular complexity index is 473. The first-order valence-corrected chi connectivity index (χ1v) is 5.97. The molecule has 0 fully saturated rings. The van der Waals surface area contributed by atoms with Crippen molar-refractivity contribution in [2.45, 2.75) is 31.8 Å². The fraction of sp³-hybridized carbons (Fsp3) is 0.455. The van der Waals surface area contributed by atoms with E-state index in [4.69, 9.17) is 10.8 Å². The molecule has 0 aliphatic rings. The van der Waals surface area contributed by atoms with Gasteiger partial charge in [0.2, 0.25) is 5.91 Å². The van der Waals surface area contributed by atoms with E-state index in [9.17, 15) is 14.4 Å². The van der Waals surface area contributed by atoms with Crippen molar-refractivity contribution in [1.29, 1.82) is 0 Å². The largest absolute Gasteiger partial charge is 0.480 e. The molecule has 1 aromatic rings. The van der Waals surface area contributed by atoms with E-state index in [-0.39, 0.29) is 18.9 Å². The summed E-state index contributed by atoms with van der Waals surface area (Å²) >= 11 is 0. The highest BCUT2D eigenvalue weighted by Crippen LogP contribution is 2.08. The van der Waals surface area contributed by atoms with E-state index in [1.165, 1.54) is 0 Å². The number of amides is 3. The molecule has 0 saturated carbocycles. The first-order valence-electron chi connectivity index (χ1n) is 5.97. The van der Waals surface area contributed by atoms with Crippen LogP contribution in [0.1, 0.15) is 31.4 Å². The van der Waals surface area contributed by atoms with Crippen LogP contribution in [0.2, 0.25) is 0 Å². The lowest BCUT2D eigenvalue weighted by Gasteiger charge is -2.17. The summed E-state index contributed by atoms with van der Waals surface area (Å²) in [5, 5.41) is 20.1. The van der Waals surface area contributed by atoms with Gasteiger partial charge in [0.1, 0.15) is 6.04 Å². The third kappa shape index (κ3) is 4.96. The van der Waals surface area contributed by atoms with E-state index >= 15 is 0 Å². The molecule has 3 amide bonds. The Balaban J connectivity index is 2.49. The number of H-pyrrole nitrogens is 1. The van der Waals surface area contributed by atoms with E-state index in [0.717, 1.165) is 5.56 Å². The average molecular weight is 283 g/mol. The zero-order chi connectivity index (χ0) is 15.1. The summed E-state index contributed by atoms with van der Waals surface area (Å²) in [7, 11) is 0. The van der Waals surface area contributed by atoms with Crippen LogP contribution in [0.15, 0.2) is 12.4 Å². The van der Waals surface area contributed by atoms with Crippen molar-refractivity contribution in [2.75, 3.05) is 0 Å². The van der Waals surface area contributed by atoms with Gasteiger partial charge in [-0.25, -0.2) is 9.59 Å². The molecule has 1 heterocycles. The van der Waals surface area contributed by atoms with E-state index in [0.29, 0.717) is 0 Å². The molecule has 1 rings (SSSR count). The predicted octanol–water partition coefficient (Wildman–Crippen LogP) is -0.511. The van der Waals surface area contributed by atoms with Crippen molar-refractivity contribution in [1.82, 2.24) is 20.8 Å². The van der Waals surface area contributed by atoms with Crippen LogP contribution in [0.5, 0.6) is 0 Å². The molecule has 2 atom stereocenters. The summed E-state index contributed by atoms with van der Waals surface area (Å²) < 4.78 is 0. The quantitative estimate of drug-likeness (QED) is 0.456. The molecule has 0 aliphatic heterocycles. The molecule has 0 aliphatic carbocycles. The summed E-state index contributed by atoms with van der Waals surface area (Å²) in [5.41, 5.74) is 5.70. The summed E-state index contributed by atoms with van der Waals surface area (Å²) in [6.45, 7) is 1.73. The number of carboxylic acids is 1. The maximum Gasteiger partial charge on any atom is 0.326 e. The Hall–Kier alpha value is -2.58. The molecule has 9 heteroatoms. The molecule has 0 bridgehead atoms. The van der Waals surface area contributed by atoms with E-state index in [1.807, 2.05) is 0 Å². The van der Waals surface area contributed by atoms with Gasteiger partial charge in [-0.15, -0.1) is 0 Å². The molecular weight excluding hydrogens is 266 g/mol. The second-order valence-corrected chi connectivity index (χ2v) is 4.27. The predicted molar refractivity (Wildman–Crippen MR) is 68.5 cm³/mol. The van der Waals surface area contributed by atoms with Gasteiger partial charge in [0.05, 0.1) is 12.2 Å². The zero-order valence-corrected chi connectivity index (χ0v) is 10.9. The lowest BCUT2D eigenvalue weighted by atomic mass is 10.1. The van der Waals surface area contributed by atoms with Crippen molar-refractivity contribution in [2.24, 2.45) is 5.73 Å². The average Bonchev–Trinajstić information content (AvgIpc) is 2.87. The van der Waals surface area contributed by atoms with Crippen molar-refractivity contribution in [3.8, 4) is 0 Å². The molecule has 110 valence electrons. The standard InChI is InChI=1S/C11H17N5O4/c1-6(7-4-13-14-5-7)15-11(20)16-8(10(18)19)2-3-9(12)17/h4-6,8H,2-3H2,1H3,(H2,12,17)(H,13,14)(H,18,19)(H2,15,16,20)/t6?,8-/m0/s1. The highest BCUT2D eigenvalue weighted by atomic mass is 16.4. The fourth-order valence-electron chi connectivity index (χ4n) is 1.52. The van der Waals surface area contributed by atoms with Crippen molar-refractivity contribution < 1.29 is 19.5 Å². The van der Waals surface area contributed by atoms with Crippen LogP contribution in [-0.2, 0) is 9.59 Å². The molecule has 0 aromatic carbocycles. The first-order chi connectivity index (χ1) is 9.40. The lowest BCUT2D eigenvalue weighted by molar-refractivity contribution is -0.139. The smallest absolute Gasteiger partial charge is 0.326 e. The minimum absolute atomic E-state index is 0.0574. The minimum Gasteiger partial charge on any atom is -0.480 e. The SMILES string of the molecule is CC(NC(=O)N[C@@H](CCC(N)=O)C(=O)O)c1cn[nH]c1. The Labute approximate surface area is 114 Å². The van der Waals surface area contributed by atoms with Crippen molar-refractivity contribution in [3.05, 3.63) is 18.0 Å². The summed E-state index contributed by atoms with van der Waals surface area (Å²) in [6, 6.07) is -2.14. The third-order valence-electron chi connectivity index (χ3n) is 2.65. The van der Waals surface area contributed by atoms with Crippen LogP contribution in [0.3, 0.4) is 0 Å². The highest BCUT2D eigenvalue weighted by Gasteiger charge is 2.21. The highest BCUT2D eigenvalue weighted by molar-refractivity contribution is 5.83. The molecule has 9 nitrogen and oxygen atoms in total. The second kappa shape index (κ2) is 7.12. The van der Waals surface area contributed by atoms with Crippen LogP contribution >= 0.6 is 0 Å². The van der Waals surface area contributed by atoms with Gasteiger partial charge in [-0.3, -0.25) is 9.89 Å². The number of nitrogens with one attached hydrogen (secondary N) is 3. The number of hydrogen-bond acceptors (Lipinski definition) is 4. The van der Waals surface area contributed by atoms with Crippen LogP contribution in [0, 0.1) is 0 Å². The number of carbonyl (C=O) groups is 3. The number of nitrogens with two attached hydrogens (primary N) is 1. The number of carbonyl (C=O) groups excluding carboxylic acids is 2. The van der Waals surface area contributed by atoms with Crippen LogP contribution in [0.4, 0.5) is 4.79 Å². The molecule has 20 heavy (non-hydrogen) atoms. The van der Waals surface area contributed by atoms with Gasteiger partial charge in [0.25, 0.3) is 0 Å². The molecule has 0 spiro atoms. The Morgan fingerprint density at radius 2 is 2.15 bits per heavy atom. The maximum atomic E-state index is 11.7. The van der Waals surface area contributed by atoms with E-state index in [1.54, 1.807) is 19.3 Å². The van der Waals surface area contributed by atoms with Crippen molar-refractivity contribution >= 4 is 17.9 Å². The number of urea groups is 1. The Morgan fingerprint density at radius 3 is 2.65 bits per heavy atom. The van der Waals surface area contributed by atoms with Gasteiger partial charge in [-0.1, -0.05) is 0 Å². The van der Waals surface area contributed by atoms with Gasteiger partial charge in [-0.05, 0) is 13.3 Å². The summed E-state index contributed by atoms with van der Waals surface area (Å²) in [4.78, 5) is 33.3. The van der Waals surface area contributed by atoms with Crippen LogP contribution < -0.4 is 16.4 Å². The first kappa shape index (κ1) is 15.5. The van der Waals surface area contributed by atoms with Gasteiger partial charge in [0, 0.05) is 18.2 Å². The van der Waals surface area contributed by atoms with E-state index < -0.39 is 23.9 Å². The van der Waals surface area contributed by atoms with E-state index in [2.05, 4.69) is 20.8 Å².